The number of hydrogen-bond donors (Lipinski definition) is 0. The Morgan fingerprint density at radius 1 is 1.23 bits per heavy atom. The topological polar surface area (TPSA) is 33.2 Å². The molecule has 1 aromatic heterocycles. The van der Waals surface area contributed by atoms with Crippen LogP contribution in [0.5, 0.6) is 0 Å². The summed E-state index contributed by atoms with van der Waals surface area (Å²) in [4.78, 5) is 19.3. The quantitative estimate of drug-likeness (QED) is 0.536. The number of benzene rings is 2. The van der Waals surface area contributed by atoms with Crippen molar-refractivity contribution in [3.8, 4) is 0 Å². The monoisotopic (exact) mass is 392 g/mol. The molecule has 0 aliphatic heterocycles. The zero-order valence-electron chi connectivity index (χ0n) is 14.4. The van der Waals surface area contributed by atoms with Crippen molar-refractivity contribution in [3.05, 3.63) is 59.1 Å². The Hall–Kier alpha value is -1.99. The number of carbonyl (C=O) groups is 1. The number of amides is 1. The van der Waals surface area contributed by atoms with Gasteiger partial charge in [-0.1, -0.05) is 12.1 Å². The molecule has 2 aromatic carbocycles. The van der Waals surface area contributed by atoms with Crippen LogP contribution in [-0.4, -0.2) is 28.6 Å². The zero-order valence-corrected chi connectivity index (χ0v) is 16.0. The fraction of sp³-hybridized carbons (Fsp3) is 0.263. The van der Waals surface area contributed by atoms with E-state index in [0.717, 1.165) is 27.4 Å². The van der Waals surface area contributed by atoms with Gasteiger partial charge >= 0.3 is 0 Å². The Morgan fingerprint density at radius 3 is 2.73 bits per heavy atom. The highest BCUT2D eigenvalue weighted by Gasteiger charge is 2.20. The van der Waals surface area contributed by atoms with Crippen LogP contribution in [0.3, 0.4) is 0 Å². The second-order valence-corrected chi connectivity index (χ2v) is 8.11. The average molecular weight is 392 g/mol. The molecular weight excluding hydrogens is 374 g/mol. The minimum absolute atomic E-state index is 0.00756. The molecule has 0 aliphatic carbocycles. The fourth-order valence-corrected chi connectivity index (χ4v) is 4.38. The molecule has 0 radical (unpaired) electrons. The largest absolute Gasteiger partial charge is 0.337 e. The molecule has 0 spiro atoms. The van der Waals surface area contributed by atoms with E-state index in [0.29, 0.717) is 17.1 Å². The summed E-state index contributed by atoms with van der Waals surface area (Å²) in [5, 5.41) is 0.898. The molecule has 1 atom stereocenters. The number of rotatable bonds is 6. The first-order chi connectivity index (χ1) is 12.5. The molecule has 0 aliphatic rings. The van der Waals surface area contributed by atoms with Crippen molar-refractivity contribution >= 4 is 39.2 Å². The number of aromatic nitrogens is 1. The molecule has 3 nitrogen and oxygen atoms in total. The lowest BCUT2D eigenvalue weighted by molar-refractivity contribution is -0.131. The lowest BCUT2D eigenvalue weighted by atomic mass is 10.3. The van der Waals surface area contributed by atoms with E-state index in [9.17, 15) is 13.6 Å². The maximum atomic E-state index is 13.2. The van der Waals surface area contributed by atoms with Gasteiger partial charge in [0.25, 0.3) is 0 Å². The Balaban J connectivity index is 1.57. The van der Waals surface area contributed by atoms with Gasteiger partial charge in [-0.25, -0.2) is 13.8 Å². The molecule has 26 heavy (non-hydrogen) atoms. The predicted octanol–water partition coefficient (Wildman–Crippen LogP) is 5.28. The van der Waals surface area contributed by atoms with Crippen molar-refractivity contribution in [2.24, 2.45) is 0 Å². The zero-order chi connectivity index (χ0) is 18.7. The van der Waals surface area contributed by atoms with Crippen LogP contribution >= 0.6 is 23.1 Å². The fourth-order valence-electron chi connectivity index (χ4n) is 2.45. The van der Waals surface area contributed by atoms with E-state index in [-0.39, 0.29) is 11.9 Å². The van der Waals surface area contributed by atoms with Gasteiger partial charge < -0.3 is 4.90 Å². The highest BCUT2D eigenvalue weighted by Crippen LogP contribution is 2.29. The highest BCUT2D eigenvalue weighted by molar-refractivity contribution is 7.99. The number of halogens is 2. The second kappa shape index (κ2) is 8.14. The number of thiazole rings is 1. The van der Waals surface area contributed by atoms with Gasteiger partial charge in [-0.15, -0.1) is 23.1 Å². The van der Waals surface area contributed by atoms with Crippen LogP contribution in [0.2, 0.25) is 0 Å². The number of fused-ring (bicyclic) bond motifs is 1. The van der Waals surface area contributed by atoms with Crippen LogP contribution in [0.4, 0.5) is 8.78 Å². The summed E-state index contributed by atoms with van der Waals surface area (Å²) in [6.07, 6.45) is 0.315. The van der Waals surface area contributed by atoms with Crippen LogP contribution in [0.15, 0.2) is 47.4 Å². The molecule has 0 N–H and O–H groups in total. The van der Waals surface area contributed by atoms with E-state index in [4.69, 9.17) is 0 Å². The van der Waals surface area contributed by atoms with Crippen molar-refractivity contribution in [1.29, 1.82) is 0 Å². The minimum Gasteiger partial charge on any atom is -0.337 e. The molecule has 3 rings (SSSR count). The molecule has 1 heterocycles. The summed E-state index contributed by atoms with van der Waals surface area (Å²) >= 11 is 2.92. The van der Waals surface area contributed by atoms with Gasteiger partial charge in [-0.2, -0.15) is 0 Å². The van der Waals surface area contributed by atoms with Crippen LogP contribution in [-0.2, 0) is 4.79 Å². The molecule has 0 saturated heterocycles. The first-order valence-electron chi connectivity index (χ1n) is 8.14. The van der Waals surface area contributed by atoms with Crippen molar-refractivity contribution in [2.45, 2.75) is 24.3 Å². The molecule has 3 aromatic rings. The SMILES string of the molecule is C[C@H](c1nc2ccccc2s1)N(C)C(=O)CCSc1ccc(F)c(F)c1. The Morgan fingerprint density at radius 2 is 2.00 bits per heavy atom. The Kier molecular flexibility index (Phi) is 5.88. The van der Waals surface area contributed by atoms with Crippen molar-refractivity contribution in [3.63, 3.8) is 0 Å². The number of carbonyl (C=O) groups excluding carboxylic acids is 1. The van der Waals surface area contributed by atoms with Crippen LogP contribution in [0.25, 0.3) is 10.2 Å². The van der Waals surface area contributed by atoms with E-state index in [1.165, 1.54) is 17.8 Å². The van der Waals surface area contributed by atoms with Crippen LogP contribution < -0.4 is 0 Å². The van der Waals surface area contributed by atoms with Gasteiger partial charge in [-0.05, 0) is 37.3 Å². The van der Waals surface area contributed by atoms with Crippen molar-refractivity contribution in [2.75, 3.05) is 12.8 Å². The molecule has 7 heteroatoms. The summed E-state index contributed by atoms with van der Waals surface area (Å²) in [6, 6.07) is 11.5. The maximum absolute atomic E-state index is 13.2. The van der Waals surface area contributed by atoms with E-state index in [1.807, 2.05) is 31.2 Å². The van der Waals surface area contributed by atoms with Crippen LogP contribution in [0, 0.1) is 11.6 Å². The van der Waals surface area contributed by atoms with Gasteiger partial charge in [0.05, 0.1) is 16.3 Å². The number of para-hydroxylation sites is 1. The summed E-state index contributed by atoms with van der Waals surface area (Å²) in [5.74, 6) is -1.24. The van der Waals surface area contributed by atoms with Crippen molar-refractivity contribution in [1.82, 2.24) is 9.88 Å². The number of thioether (sulfide) groups is 1. The molecule has 0 saturated carbocycles. The van der Waals surface area contributed by atoms with E-state index in [1.54, 1.807) is 23.3 Å². The summed E-state index contributed by atoms with van der Waals surface area (Å²) in [6.45, 7) is 1.96. The third-order valence-corrected chi connectivity index (χ3v) is 6.32. The molecule has 0 bridgehead atoms. The Labute approximate surface area is 159 Å². The molecule has 136 valence electrons. The average Bonchev–Trinajstić information content (AvgIpc) is 3.07. The first-order valence-corrected chi connectivity index (χ1v) is 9.95. The molecule has 0 unspecified atom stereocenters. The predicted molar refractivity (Wildman–Crippen MR) is 103 cm³/mol. The summed E-state index contributed by atoms with van der Waals surface area (Å²) in [7, 11) is 1.77. The van der Waals surface area contributed by atoms with Gasteiger partial charge in [0, 0.05) is 24.1 Å². The smallest absolute Gasteiger partial charge is 0.223 e. The molecule has 0 fully saturated rings. The molecular formula is C19H18F2N2OS2. The number of nitrogens with zero attached hydrogens (tertiary/aromatic N) is 2. The van der Waals surface area contributed by atoms with Crippen molar-refractivity contribution < 1.29 is 13.6 Å². The van der Waals surface area contributed by atoms with Gasteiger partial charge in [-0.3, -0.25) is 4.79 Å². The highest BCUT2D eigenvalue weighted by atomic mass is 32.2. The Bertz CT molecular complexity index is 896. The normalized spacial score (nSPS) is 12.3. The van der Waals surface area contributed by atoms with E-state index >= 15 is 0 Å². The minimum atomic E-state index is -0.872. The van der Waals surface area contributed by atoms with Gasteiger partial charge in [0.1, 0.15) is 5.01 Å². The van der Waals surface area contributed by atoms with Gasteiger partial charge in [0.2, 0.25) is 5.91 Å². The van der Waals surface area contributed by atoms with E-state index in [2.05, 4.69) is 4.98 Å². The maximum Gasteiger partial charge on any atom is 0.223 e. The number of hydrogen-bond acceptors (Lipinski definition) is 4. The first kappa shape index (κ1) is 18.8. The lowest BCUT2D eigenvalue weighted by Gasteiger charge is -2.23. The third-order valence-electron chi connectivity index (χ3n) is 4.12. The summed E-state index contributed by atoms with van der Waals surface area (Å²) < 4.78 is 27.2. The van der Waals surface area contributed by atoms with Gasteiger partial charge in [0.15, 0.2) is 11.6 Å². The summed E-state index contributed by atoms with van der Waals surface area (Å²) in [5.41, 5.74) is 0.939. The van der Waals surface area contributed by atoms with Crippen LogP contribution in [0.1, 0.15) is 24.4 Å². The lowest BCUT2D eigenvalue weighted by Crippen LogP contribution is -2.29. The third kappa shape index (κ3) is 4.22. The van der Waals surface area contributed by atoms with E-state index < -0.39 is 11.6 Å². The molecule has 1 amide bonds. The standard InChI is InChI=1S/C19H18F2N2OS2/c1-12(19-22-16-5-3-4-6-17(16)26-19)23(2)18(24)9-10-25-13-7-8-14(20)15(21)11-13/h3-8,11-12H,9-10H2,1-2H3/t12-/m1/s1. The second-order valence-electron chi connectivity index (χ2n) is 5.87.